The van der Waals surface area contributed by atoms with E-state index in [0.717, 1.165) is 144 Å². The molecule has 10 nitrogen and oxygen atoms in total. The average Bonchev–Trinajstić information content (AvgIpc) is 0.728. The van der Waals surface area contributed by atoms with Crippen molar-refractivity contribution >= 4 is 159 Å². The largest absolute Gasteiger partial charge is 0.310 e. The lowest BCUT2D eigenvalue weighted by Crippen LogP contribution is -2.18. The lowest BCUT2D eigenvalue weighted by atomic mass is 10.1. The molecule has 98 heavy (non-hydrogen) atoms. The van der Waals surface area contributed by atoms with Crippen LogP contribution in [0.25, 0.3) is 32.8 Å². The van der Waals surface area contributed by atoms with Crippen molar-refractivity contribution in [3.05, 3.63) is 352 Å². The zero-order valence-electron chi connectivity index (χ0n) is 52.8. The molecule has 0 aliphatic carbocycles. The molecule has 0 atom stereocenters. The molecule has 0 N–H and O–H groups in total. The van der Waals surface area contributed by atoms with E-state index in [1.165, 1.54) is 0 Å². The van der Waals surface area contributed by atoms with Gasteiger partial charge in [-0.2, -0.15) is 0 Å². The van der Waals surface area contributed by atoms with Gasteiger partial charge in [-0.1, -0.05) is 169 Å². The predicted octanol–water partition coefficient (Wildman–Crippen LogP) is 24.5. The summed E-state index contributed by atoms with van der Waals surface area (Å²) < 4.78 is 0. The topological polar surface area (TPSA) is 71.0 Å². The SMILES string of the molecule is c1ccc(N(c2ccccc2)c2ccc3c(c2)Sc2cc(N(c4ccccc4)c4ccccc4)ccc2N3c2ccc3c4nccnc4c4ccc(N5c6ccc(N(c7ccccc7)c7ccccc7)cc6Sc6cc(N(c7ccccc7)c7ccccc7)ccc65)nc4c3n2)cc1. The summed E-state index contributed by atoms with van der Waals surface area (Å²) in [6.07, 6.45) is 3.54. The van der Waals surface area contributed by atoms with Crippen LogP contribution >= 0.6 is 23.5 Å². The molecule has 0 fully saturated rings. The van der Waals surface area contributed by atoms with Crippen molar-refractivity contribution in [2.45, 2.75) is 19.6 Å². The molecule has 2 aliphatic heterocycles. The Balaban J connectivity index is 0.832. The summed E-state index contributed by atoms with van der Waals surface area (Å²) in [6, 6.07) is 120. The number of para-hydroxylation sites is 8. The zero-order valence-corrected chi connectivity index (χ0v) is 54.4. The normalized spacial score (nSPS) is 12.2. The maximum atomic E-state index is 5.86. The minimum Gasteiger partial charge on any atom is -0.310 e. The molecular weight excluding hydrogens is 1240 g/mol. The smallest absolute Gasteiger partial charge is 0.138 e. The van der Waals surface area contributed by atoms with Gasteiger partial charge in [0.15, 0.2) is 0 Å². The fourth-order valence-electron chi connectivity index (χ4n) is 13.7. The molecule has 13 aromatic carbocycles. The first kappa shape index (κ1) is 58.1. The highest BCUT2D eigenvalue weighted by molar-refractivity contribution is 8.00. The Morgan fingerprint density at radius 1 is 0.214 bits per heavy atom. The predicted molar refractivity (Wildman–Crippen MR) is 406 cm³/mol. The third-order valence-electron chi connectivity index (χ3n) is 18.0. The standard InChI is InChI=1S/C86H58N10S2/c1-9-25-59(26-10-1)91(60-27-11-2-12-28-60)67-41-47-73-77(55-67)97-78-56-68(92(61-29-13-3-14-30-61)62-31-15-4-16-32-62)42-48-74(78)95(73)81-51-45-71-83-84(88-54-53-87-83)72-46-52-82(90-86(72)85(71)89-81)96-75-49-43-69(93(63-33-17-5-18-34-63)64-35-19-6-20-36-64)57-79(75)98-80-58-70(44-50-76(80)96)94(65-37-21-7-22-38-65)66-39-23-8-24-40-66/h1-58H. The summed E-state index contributed by atoms with van der Waals surface area (Å²) in [7, 11) is 0. The van der Waals surface area contributed by atoms with Crippen molar-refractivity contribution in [2.24, 2.45) is 0 Å². The number of benzene rings is 13. The van der Waals surface area contributed by atoms with Crippen LogP contribution in [0.4, 0.5) is 103 Å². The maximum Gasteiger partial charge on any atom is 0.138 e. The van der Waals surface area contributed by atoms with Crippen LogP contribution in [0, 0.1) is 0 Å². The van der Waals surface area contributed by atoms with Crippen LogP contribution in [0.2, 0.25) is 0 Å². The molecule has 16 aromatic rings. The molecular formula is C86H58N10S2. The van der Waals surface area contributed by atoms with Crippen LogP contribution < -0.4 is 29.4 Å². The van der Waals surface area contributed by atoms with Gasteiger partial charge in [0.1, 0.15) is 22.7 Å². The van der Waals surface area contributed by atoms with Crippen LogP contribution in [-0.2, 0) is 0 Å². The fourth-order valence-corrected chi connectivity index (χ4v) is 15.9. The Labute approximate surface area is 576 Å². The molecule has 18 rings (SSSR count). The molecule has 0 saturated carbocycles. The van der Waals surface area contributed by atoms with Crippen LogP contribution in [0.15, 0.2) is 372 Å². The van der Waals surface area contributed by atoms with E-state index in [4.69, 9.17) is 19.9 Å². The summed E-state index contributed by atoms with van der Waals surface area (Å²) in [4.78, 5) is 40.1. The van der Waals surface area contributed by atoms with E-state index in [1.54, 1.807) is 35.9 Å². The number of hydrogen-bond donors (Lipinski definition) is 0. The molecule has 5 heterocycles. The van der Waals surface area contributed by atoms with Crippen LogP contribution in [0.1, 0.15) is 0 Å². The molecule has 0 amide bonds. The molecule has 2 aliphatic rings. The van der Waals surface area contributed by atoms with Gasteiger partial charge in [0.2, 0.25) is 0 Å². The number of fused-ring (bicyclic) bond motifs is 10. The molecule has 0 saturated heterocycles. The third kappa shape index (κ3) is 10.5. The zero-order chi connectivity index (χ0) is 64.9. The Kier molecular flexibility index (Phi) is 14.8. The Morgan fingerprint density at radius 2 is 0.439 bits per heavy atom. The first-order chi connectivity index (χ1) is 48.6. The first-order valence-electron chi connectivity index (χ1n) is 32.6. The number of aromatic nitrogens is 4. The number of anilines is 18. The van der Waals surface area contributed by atoms with Gasteiger partial charge in [0.25, 0.3) is 0 Å². The van der Waals surface area contributed by atoms with Crippen molar-refractivity contribution in [2.75, 3.05) is 29.4 Å². The highest BCUT2D eigenvalue weighted by Gasteiger charge is 2.32. The van der Waals surface area contributed by atoms with Gasteiger partial charge in [-0.3, -0.25) is 19.8 Å². The lowest BCUT2D eigenvalue weighted by Gasteiger charge is -2.35. The second-order valence-corrected chi connectivity index (χ2v) is 26.1. The average molecular weight is 1300 g/mol. The second kappa shape index (κ2) is 25.0. The number of nitrogens with zero attached hydrogens (tertiary/aromatic N) is 10. The second-order valence-electron chi connectivity index (χ2n) is 23.9. The summed E-state index contributed by atoms with van der Waals surface area (Å²) in [5, 5.41) is 1.70. The van der Waals surface area contributed by atoms with E-state index in [0.29, 0.717) is 11.0 Å². The van der Waals surface area contributed by atoms with Gasteiger partial charge in [-0.25, -0.2) is 9.97 Å². The highest BCUT2D eigenvalue weighted by atomic mass is 32.2. The van der Waals surface area contributed by atoms with E-state index >= 15 is 0 Å². The minimum atomic E-state index is 0.709. The minimum absolute atomic E-state index is 0.709. The van der Waals surface area contributed by atoms with E-state index in [2.05, 4.69) is 369 Å². The molecule has 0 spiro atoms. The van der Waals surface area contributed by atoms with Crippen molar-refractivity contribution in [1.29, 1.82) is 0 Å². The fraction of sp³-hybridized carbons (Fsp3) is 0. The monoisotopic (exact) mass is 1290 g/mol. The Bertz CT molecular complexity index is 4840. The van der Waals surface area contributed by atoms with Gasteiger partial charge in [-0.15, -0.1) is 0 Å². The van der Waals surface area contributed by atoms with Crippen LogP contribution in [0.3, 0.4) is 0 Å². The van der Waals surface area contributed by atoms with Crippen molar-refractivity contribution in [1.82, 2.24) is 19.9 Å². The van der Waals surface area contributed by atoms with Gasteiger partial charge in [0.05, 0.1) is 33.8 Å². The van der Waals surface area contributed by atoms with Gasteiger partial charge >= 0.3 is 0 Å². The molecule has 12 heteroatoms. The summed E-state index contributed by atoms with van der Waals surface area (Å²) in [5.74, 6) is 1.47. The number of rotatable bonds is 14. The molecule has 0 unspecified atom stereocenters. The van der Waals surface area contributed by atoms with E-state index in [1.807, 2.05) is 0 Å². The summed E-state index contributed by atoms with van der Waals surface area (Å²) >= 11 is 3.55. The van der Waals surface area contributed by atoms with Crippen molar-refractivity contribution in [3.63, 3.8) is 0 Å². The third-order valence-corrected chi connectivity index (χ3v) is 20.2. The van der Waals surface area contributed by atoms with E-state index < -0.39 is 0 Å². The van der Waals surface area contributed by atoms with Crippen LogP contribution in [-0.4, -0.2) is 19.9 Å². The quantitative estimate of drug-likeness (QED) is 0.0974. The number of pyridine rings is 2. The van der Waals surface area contributed by atoms with Crippen LogP contribution in [0.5, 0.6) is 0 Å². The molecule has 0 radical (unpaired) electrons. The lowest BCUT2D eigenvalue weighted by molar-refractivity contribution is 1.11. The van der Waals surface area contributed by atoms with Crippen molar-refractivity contribution < 1.29 is 0 Å². The highest BCUT2D eigenvalue weighted by Crippen LogP contribution is 2.57. The van der Waals surface area contributed by atoms with Gasteiger partial charge in [-0.05, 0) is 194 Å². The Morgan fingerprint density at radius 3 is 0.663 bits per heavy atom. The first-order valence-corrected chi connectivity index (χ1v) is 34.2. The molecule has 0 bridgehead atoms. The summed E-state index contributed by atoms with van der Waals surface area (Å²) in [6.45, 7) is 0. The van der Waals surface area contributed by atoms with Gasteiger partial charge in [0, 0.05) is 111 Å². The van der Waals surface area contributed by atoms with Gasteiger partial charge < -0.3 is 19.6 Å². The van der Waals surface area contributed by atoms with E-state index in [-0.39, 0.29) is 0 Å². The van der Waals surface area contributed by atoms with E-state index in [9.17, 15) is 0 Å². The number of hydrogen-bond acceptors (Lipinski definition) is 12. The van der Waals surface area contributed by atoms with Crippen molar-refractivity contribution in [3.8, 4) is 0 Å². The Hall–Kier alpha value is -12.5. The summed E-state index contributed by atoms with van der Waals surface area (Å²) in [5.41, 5.74) is 19.5. The molecule has 3 aromatic heterocycles. The molecule has 464 valence electrons. The maximum absolute atomic E-state index is 5.86.